The molecule has 0 bridgehead atoms. The predicted molar refractivity (Wildman–Crippen MR) is 45.0 cm³/mol. The predicted octanol–water partition coefficient (Wildman–Crippen LogP) is -0.775. The Labute approximate surface area is 80.1 Å². The fraction of sp³-hybridized carbons (Fsp3) is 0.375. The summed E-state index contributed by atoms with van der Waals surface area (Å²) in [6.07, 6.45) is 3.55. The van der Waals surface area contributed by atoms with E-state index in [1.807, 2.05) is 0 Å². The van der Waals surface area contributed by atoms with Crippen molar-refractivity contribution in [1.29, 1.82) is 0 Å². The Hall–Kier alpha value is -1.53. The molecule has 1 N–H and O–H groups in total. The van der Waals surface area contributed by atoms with E-state index in [9.17, 15) is 4.79 Å². The zero-order chi connectivity index (χ0) is 9.97. The molecule has 1 aliphatic heterocycles. The van der Waals surface area contributed by atoms with Gasteiger partial charge in [-0.3, -0.25) is 9.63 Å². The van der Waals surface area contributed by atoms with E-state index in [-0.39, 0.29) is 19.1 Å². The first-order valence-electron chi connectivity index (χ1n) is 4.15. The lowest BCUT2D eigenvalue weighted by Gasteiger charge is -2.12. The van der Waals surface area contributed by atoms with Gasteiger partial charge < -0.3 is 5.11 Å². The van der Waals surface area contributed by atoms with Gasteiger partial charge >= 0.3 is 0 Å². The summed E-state index contributed by atoms with van der Waals surface area (Å²) in [7, 11) is 0. The maximum Gasteiger partial charge on any atom is 0.280 e. The normalized spacial score (nSPS) is 21.2. The second-order valence-corrected chi connectivity index (χ2v) is 2.94. The highest BCUT2D eigenvalue weighted by Gasteiger charge is 2.27. The van der Waals surface area contributed by atoms with E-state index in [0.717, 1.165) is 5.06 Å². The Morgan fingerprint density at radius 2 is 2.29 bits per heavy atom. The average Bonchev–Trinajstić information content (AvgIpc) is 2.65. The molecule has 0 spiro atoms. The Kier molecular flexibility index (Phi) is 2.38. The highest BCUT2D eigenvalue weighted by atomic mass is 16.7. The number of aromatic nitrogens is 2. The van der Waals surface area contributed by atoms with Crippen molar-refractivity contribution in [1.82, 2.24) is 15.0 Å². The third kappa shape index (κ3) is 1.70. The van der Waals surface area contributed by atoms with Gasteiger partial charge in [0.25, 0.3) is 5.91 Å². The highest BCUT2D eigenvalue weighted by molar-refractivity contribution is 5.92. The zero-order valence-corrected chi connectivity index (χ0v) is 7.33. The van der Waals surface area contributed by atoms with Gasteiger partial charge in [-0.1, -0.05) is 0 Å². The Balaban J connectivity index is 2.10. The van der Waals surface area contributed by atoms with Crippen LogP contribution in [0.15, 0.2) is 18.7 Å². The van der Waals surface area contributed by atoms with Crippen molar-refractivity contribution < 1.29 is 14.7 Å². The number of nitrogens with zero attached hydrogens (tertiary/aromatic N) is 3. The van der Waals surface area contributed by atoms with Crippen molar-refractivity contribution in [3.05, 3.63) is 24.3 Å². The van der Waals surface area contributed by atoms with Gasteiger partial charge in [-0.2, -0.15) is 0 Å². The number of hydrogen-bond donors (Lipinski definition) is 1. The fourth-order valence-corrected chi connectivity index (χ4v) is 1.17. The molecule has 6 heteroatoms. The van der Waals surface area contributed by atoms with Crippen molar-refractivity contribution in [3.63, 3.8) is 0 Å². The van der Waals surface area contributed by atoms with Gasteiger partial charge in [-0.05, 0) is 0 Å². The van der Waals surface area contributed by atoms with Crippen LogP contribution in [0.25, 0.3) is 0 Å². The van der Waals surface area contributed by atoms with Crippen molar-refractivity contribution in [2.75, 3.05) is 13.2 Å². The molecular formula is C8H9N3O3. The van der Waals surface area contributed by atoms with E-state index < -0.39 is 6.10 Å². The maximum absolute atomic E-state index is 11.6. The van der Waals surface area contributed by atoms with Gasteiger partial charge in [-0.25, -0.2) is 15.0 Å². The summed E-state index contributed by atoms with van der Waals surface area (Å²) in [4.78, 5) is 24.0. The molecule has 1 amide bonds. The largest absolute Gasteiger partial charge is 0.389 e. The van der Waals surface area contributed by atoms with E-state index in [4.69, 9.17) is 9.94 Å². The number of hydrogen-bond acceptors (Lipinski definition) is 5. The van der Waals surface area contributed by atoms with Crippen LogP contribution >= 0.6 is 0 Å². The van der Waals surface area contributed by atoms with E-state index in [2.05, 4.69) is 9.97 Å². The number of hydroxylamine groups is 2. The molecule has 0 saturated carbocycles. The molecule has 1 aromatic heterocycles. The molecule has 0 unspecified atom stereocenters. The Morgan fingerprint density at radius 1 is 1.57 bits per heavy atom. The molecule has 0 aromatic carbocycles. The number of carbonyl (C=O) groups is 1. The van der Waals surface area contributed by atoms with Crippen molar-refractivity contribution in [2.24, 2.45) is 0 Å². The molecule has 1 aliphatic rings. The van der Waals surface area contributed by atoms with Crippen LogP contribution in [-0.4, -0.2) is 45.3 Å². The Morgan fingerprint density at radius 3 is 2.86 bits per heavy atom. The molecule has 0 radical (unpaired) electrons. The fourth-order valence-electron chi connectivity index (χ4n) is 1.17. The van der Waals surface area contributed by atoms with Crippen LogP contribution in [0.2, 0.25) is 0 Å². The summed E-state index contributed by atoms with van der Waals surface area (Å²) in [6, 6.07) is 0. The first kappa shape index (κ1) is 9.04. The average molecular weight is 195 g/mol. The topological polar surface area (TPSA) is 75.6 Å². The van der Waals surface area contributed by atoms with Gasteiger partial charge in [0.05, 0.1) is 12.1 Å². The van der Waals surface area contributed by atoms with E-state index in [0.29, 0.717) is 5.56 Å². The highest BCUT2D eigenvalue weighted by Crippen LogP contribution is 2.09. The van der Waals surface area contributed by atoms with Gasteiger partial charge in [0.2, 0.25) is 0 Å². The molecule has 0 aliphatic carbocycles. The van der Waals surface area contributed by atoms with Crippen LogP contribution in [0.4, 0.5) is 0 Å². The van der Waals surface area contributed by atoms with Gasteiger partial charge in [-0.15, -0.1) is 0 Å². The molecule has 6 nitrogen and oxygen atoms in total. The van der Waals surface area contributed by atoms with Crippen LogP contribution < -0.4 is 0 Å². The van der Waals surface area contributed by atoms with Gasteiger partial charge in [0.1, 0.15) is 19.0 Å². The van der Waals surface area contributed by atoms with Crippen molar-refractivity contribution in [2.45, 2.75) is 6.10 Å². The van der Waals surface area contributed by atoms with E-state index in [1.54, 1.807) is 0 Å². The molecular weight excluding hydrogens is 186 g/mol. The third-order valence-electron chi connectivity index (χ3n) is 1.83. The first-order valence-corrected chi connectivity index (χ1v) is 4.15. The number of amides is 1. The lowest BCUT2D eigenvalue weighted by Crippen LogP contribution is -2.28. The standard InChI is InChI=1S/C8H9N3O3/c12-7-3-11(14-4-7)8(13)6-1-9-5-10-2-6/h1-2,5,7,12H,3-4H2/t7-/m0/s1. The van der Waals surface area contributed by atoms with Crippen LogP contribution in [0, 0.1) is 0 Å². The molecule has 1 aromatic rings. The molecule has 2 heterocycles. The second kappa shape index (κ2) is 3.69. The minimum absolute atomic E-state index is 0.152. The van der Waals surface area contributed by atoms with Crippen molar-refractivity contribution >= 4 is 5.91 Å². The number of aliphatic hydroxyl groups is 1. The van der Waals surface area contributed by atoms with Crippen molar-refractivity contribution in [3.8, 4) is 0 Å². The lowest BCUT2D eigenvalue weighted by molar-refractivity contribution is -0.0780. The summed E-state index contributed by atoms with van der Waals surface area (Å²) >= 11 is 0. The summed E-state index contributed by atoms with van der Waals surface area (Å²) in [5, 5.41) is 10.3. The summed E-state index contributed by atoms with van der Waals surface area (Å²) in [6.45, 7) is 0.340. The SMILES string of the molecule is O=C(c1cncnc1)N1C[C@H](O)CO1. The van der Waals surface area contributed by atoms with Gasteiger partial charge in [0.15, 0.2) is 0 Å². The minimum atomic E-state index is -0.608. The summed E-state index contributed by atoms with van der Waals surface area (Å²) in [5.74, 6) is -0.331. The molecule has 14 heavy (non-hydrogen) atoms. The third-order valence-corrected chi connectivity index (χ3v) is 1.83. The molecule has 2 rings (SSSR count). The molecule has 74 valence electrons. The smallest absolute Gasteiger partial charge is 0.280 e. The maximum atomic E-state index is 11.6. The summed E-state index contributed by atoms with van der Waals surface area (Å²) in [5.41, 5.74) is 0.349. The number of β-amino-alcohol motifs (C(OH)–C–C–N with tert-alkyl or cyclic N) is 1. The minimum Gasteiger partial charge on any atom is -0.389 e. The van der Waals surface area contributed by atoms with Crippen LogP contribution in [0.1, 0.15) is 10.4 Å². The van der Waals surface area contributed by atoms with E-state index in [1.165, 1.54) is 18.7 Å². The van der Waals surface area contributed by atoms with E-state index >= 15 is 0 Å². The second-order valence-electron chi connectivity index (χ2n) is 2.94. The monoisotopic (exact) mass is 195 g/mol. The Bertz CT molecular complexity index is 330. The van der Waals surface area contributed by atoms with Crippen LogP contribution in [0.5, 0.6) is 0 Å². The number of rotatable bonds is 1. The van der Waals surface area contributed by atoms with Crippen LogP contribution in [-0.2, 0) is 4.84 Å². The number of carbonyl (C=O) groups excluding carboxylic acids is 1. The summed E-state index contributed by atoms with van der Waals surface area (Å²) < 4.78 is 0. The molecule has 1 fully saturated rings. The molecule has 1 saturated heterocycles. The number of aliphatic hydroxyl groups excluding tert-OH is 1. The quantitative estimate of drug-likeness (QED) is 0.636. The molecule has 1 atom stereocenters. The van der Waals surface area contributed by atoms with Gasteiger partial charge in [0, 0.05) is 12.4 Å². The lowest BCUT2D eigenvalue weighted by atomic mass is 10.3. The first-order chi connectivity index (χ1) is 6.77. The van der Waals surface area contributed by atoms with Crippen LogP contribution in [0.3, 0.4) is 0 Å². The zero-order valence-electron chi connectivity index (χ0n) is 7.33.